The number of phenolic OH excluding ortho intramolecular Hbond substituents is 1. The Kier molecular flexibility index (Phi) is 7.43. The van der Waals surface area contributed by atoms with Crippen molar-refractivity contribution in [2.24, 2.45) is 0 Å². The molecule has 0 spiro atoms. The maximum absolute atomic E-state index is 10.5. The minimum absolute atomic E-state index is 0.290. The van der Waals surface area contributed by atoms with E-state index < -0.39 is 32.8 Å². The molecule has 3 rings (SSSR count). The van der Waals surface area contributed by atoms with Gasteiger partial charge in [0.15, 0.2) is 0 Å². The molecule has 30 heavy (non-hydrogen) atoms. The molecule has 0 fully saturated rings. The van der Waals surface area contributed by atoms with Gasteiger partial charge in [-0.3, -0.25) is 20.2 Å². The van der Waals surface area contributed by atoms with E-state index in [0.29, 0.717) is 6.07 Å². The molecule has 0 atom stereocenters. The van der Waals surface area contributed by atoms with Crippen LogP contribution in [0.4, 0.5) is 11.4 Å². The third-order valence-electron chi connectivity index (χ3n) is 3.86. The summed E-state index contributed by atoms with van der Waals surface area (Å²) in [7, 11) is 0. The molecule has 0 saturated heterocycles. The lowest BCUT2D eigenvalue weighted by Crippen LogP contribution is -2.00. The Hall–Kier alpha value is -3.98. The number of halogens is 1. The SMILES string of the molecule is O=C(O)c1cc([N+](=O)[O-])cc([N+](=O)[O-])c1.Oc1ccc(Cc2ccccc2Cl)cc1. The number of carboxylic acid groups (broad SMARTS) is 1. The topological polar surface area (TPSA) is 144 Å². The fourth-order valence-electron chi connectivity index (χ4n) is 2.40. The number of nitrogens with zero attached hydrogens (tertiary/aromatic N) is 2. The first-order valence-corrected chi connectivity index (χ1v) is 8.73. The minimum Gasteiger partial charge on any atom is -0.508 e. The molecule has 0 aliphatic rings. The summed E-state index contributed by atoms with van der Waals surface area (Å²) >= 11 is 6.06. The Labute approximate surface area is 175 Å². The summed E-state index contributed by atoms with van der Waals surface area (Å²) in [6.45, 7) is 0. The van der Waals surface area contributed by atoms with E-state index in [9.17, 15) is 25.0 Å². The van der Waals surface area contributed by atoms with Crippen LogP contribution >= 0.6 is 11.6 Å². The maximum atomic E-state index is 10.5. The first-order valence-electron chi connectivity index (χ1n) is 8.36. The Bertz CT molecular complexity index is 1010. The number of carbonyl (C=O) groups is 1. The van der Waals surface area contributed by atoms with Crippen LogP contribution in [0.15, 0.2) is 66.7 Å². The van der Waals surface area contributed by atoms with Crippen LogP contribution in [0.2, 0.25) is 5.02 Å². The summed E-state index contributed by atoms with van der Waals surface area (Å²) < 4.78 is 0. The molecule has 0 bridgehead atoms. The summed E-state index contributed by atoms with van der Waals surface area (Å²) in [6.07, 6.45) is 0.792. The van der Waals surface area contributed by atoms with E-state index in [1.54, 1.807) is 12.1 Å². The molecular weight excluding hydrogens is 416 g/mol. The van der Waals surface area contributed by atoms with Gasteiger partial charge < -0.3 is 10.2 Å². The van der Waals surface area contributed by atoms with Gasteiger partial charge in [0.25, 0.3) is 11.4 Å². The zero-order chi connectivity index (χ0) is 22.3. The molecule has 0 aliphatic heterocycles. The Morgan fingerprint density at radius 2 is 1.43 bits per heavy atom. The van der Waals surface area contributed by atoms with Gasteiger partial charge in [-0.15, -0.1) is 0 Å². The van der Waals surface area contributed by atoms with Gasteiger partial charge in [-0.05, 0) is 35.7 Å². The Balaban J connectivity index is 0.000000214. The monoisotopic (exact) mass is 430 g/mol. The molecule has 10 heteroatoms. The van der Waals surface area contributed by atoms with Gasteiger partial charge >= 0.3 is 5.97 Å². The van der Waals surface area contributed by atoms with Crippen molar-refractivity contribution in [1.82, 2.24) is 0 Å². The molecule has 3 aromatic rings. The quantitative estimate of drug-likeness (QED) is 0.435. The van der Waals surface area contributed by atoms with Crippen LogP contribution in [0, 0.1) is 20.2 Å². The highest BCUT2D eigenvalue weighted by molar-refractivity contribution is 6.31. The minimum atomic E-state index is -1.46. The second-order valence-corrected chi connectivity index (χ2v) is 6.40. The predicted octanol–water partition coefficient (Wildman–Crippen LogP) is 4.84. The predicted molar refractivity (Wildman–Crippen MR) is 109 cm³/mol. The first kappa shape index (κ1) is 22.3. The second kappa shape index (κ2) is 9.99. The lowest BCUT2D eigenvalue weighted by molar-refractivity contribution is -0.394. The number of benzene rings is 3. The van der Waals surface area contributed by atoms with E-state index in [1.165, 1.54) is 0 Å². The smallest absolute Gasteiger partial charge is 0.336 e. The van der Waals surface area contributed by atoms with Gasteiger partial charge in [0.1, 0.15) is 5.75 Å². The first-order chi connectivity index (χ1) is 14.2. The van der Waals surface area contributed by atoms with Crippen LogP contribution in [-0.2, 0) is 6.42 Å². The molecule has 2 N–H and O–H groups in total. The van der Waals surface area contributed by atoms with Crippen molar-refractivity contribution in [1.29, 1.82) is 0 Å². The van der Waals surface area contributed by atoms with Gasteiger partial charge in [-0.2, -0.15) is 0 Å². The number of carboxylic acids is 1. The van der Waals surface area contributed by atoms with Gasteiger partial charge in [-0.1, -0.05) is 41.9 Å². The highest BCUT2D eigenvalue weighted by Gasteiger charge is 2.19. The summed E-state index contributed by atoms with van der Waals surface area (Å²) in [5.41, 5.74) is 0.504. The lowest BCUT2D eigenvalue weighted by atomic mass is 10.1. The number of nitro benzene ring substituents is 2. The molecule has 0 heterocycles. The number of non-ortho nitro benzene ring substituents is 2. The van der Waals surface area contributed by atoms with Gasteiger partial charge in [0, 0.05) is 17.2 Å². The van der Waals surface area contributed by atoms with E-state index in [4.69, 9.17) is 21.8 Å². The zero-order valence-electron chi connectivity index (χ0n) is 15.3. The third kappa shape index (κ3) is 6.28. The average molecular weight is 431 g/mol. The Morgan fingerprint density at radius 1 is 0.900 bits per heavy atom. The van der Waals surface area contributed by atoms with Gasteiger partial charge in [-0.25, -0.2) is 4.79 Å². The normalized spacial score (nSPS) is 9.90. The standard InChI is InChI=1S/C13H11ClO.C7H4N2O6/c14-13-4-2-1-3-11(13)9-10-5-7-12(15)8-6-10;10-7(11)4-1-5(8(12)13)3-6(2-4)9(14)15/h1-8,15H,9H2;1-3H,(H,10,11). The molecule has 9 nitrogen and oxygen atoms in total. The number of phenols is 1. The second-order valence-electron chi connectivity index (χ2n) is 5.99. The van der Waals surface area contributed by atoms with Crippen molar-refractivity contribution in [2.75, 3.05) is 0 Å². The van der Waals surface area contributed by atoms with E-state index in [-0.39, 0.29) is 5.75 Å². The maximum Gasteiger partial charge on any atom is 0.336 e. The highest BCUT2D eigenvalue weighted by Crippen LogP contribution is 2.22. The van der Waals surface area contributed by atoms with Crippen LogP contribution in [-0.4, -0.2) is 26.0 Å². The summed E-state index contributed by atoms with van der Waals surface area (Å²) in [5.74, 6) is -1.17. The van der Waals surface area contributed by atoms with Crippen LogP contribution < -0.4 is 0 Å². The molecule has 0 saturated carbocycles. The Morgan fingerprint density at radius 3 is 1.90 bits per heavy atom. The fraction of sp³-hybridized carbons (Fsp3) is 0.0500. The van der Waals surface area contributed by atoms with Crippen molar-refractivity contribution in [2.45, 2.75) is 6.42 Å². The fourth-order valence-corrected chi connectivity index (χ4v) is 2.61. The molecule has 0 amide bonds. The lowest BCUT2D eigenvalue weighted by Gasteiger charge is -2.04. The van der Waals surface area contributed by atoms with Gasteiger partial charge in [0.2, 0.25) is 0 Å². The molecule has 154 valence electrons. The molecule has 0 aliphatic carbocycles. The number of nitro groups is 2. The molecule has 3 aromatic carbocycles. The molecular formula is C20H15ClN2O7. The summed E-state index contributed by atoms with van der Waals surface area (Å²) in [4.78, 5) is 29.4. The molecule has 0 aromatic heterocycles. The third-order valence-corrected chi connectivity index (χ3v) is 4.23. The largest absolute Gasteiger partial charge is 0.508 e. The van der Waals surface area contributed by atoms with E-state index in [2.05, 4.69) is 0 Å². The van der Waals surface area contributed by atoms with Crippen LogP contribution in [0.5, 0.6) is 5.75 Å². The van der Waals surface area contributed by atoms with Crippen molar-refractivity contribution in [3.63, 3.8) is 0 Å². The number of aromatic hydroxyl groups is 1. The number of aromatic carboxylic acids is 1. The highest BCUT2D eigenvalue weighted by atomic mass is 35.5. The van der Waals surface area contributed by atoms with Crippen molar-refractivity contribution < 1.29 is 24.9 Å². The number of rotatable bonds is 5. The van der Waals surface area contributed by atoms with E-state index in [0.717, 1.165) is 34.7 Å². The van der Waals surface area contributed by atoms with Gasteiger partial charge in [0.05, 0.1) is 21.5 Å². The van der Waals surface area contributed by atoms with Crippen molar-refractivity contribution in [3.05, 3.63) is 109 Å². The van der Waals surface area contributed by atoms with Crippen molar-refractivity contribution >= 4 is 28.9 Å². The van der Waals surface area contributed by atoms with Crippen LogP contribution in [0.3, 0.4) is 0 Å². The average Bonchev–Trinajstić information content (AvgIpc) is 2.71. The summed E-state index contributed by atoms with van der Waals surface area (Å²) in [6, 6.07) is 17.2. The molecule has 0 radical (unpaired) electrons. The summed E-state index contributed by atoms with van der Waals surface area (Å²) in [5, 5.41) is 39.2. The van der Waals surface area contributed by atoms with Crippen LogP contribution in [0.1, 0.15) is 21.5 Å². The van der Waals surface area contributed by atoms with E-state index >= 15 is 0 Å². The van der Waals surface area contributed by atoms with E-state index in [1.807, 2.05) is 36.4 Å². The van der Waals surface area contributed by atoms with Crippen molar-refractivity contribution in [3.8, 4) is 5.75 Å². The number of hydrogen-bond donors (Lipinski definition) is 2. The number of hydrogen-bond acceptors (Lipinski definition) is 6. The van der Waals surface area contributed by atoms with Crippen LogP contribution in [0.25, 0.3) is 0 Å². The zero-order valence-corrected chi connectivity index (χ0v) is 16.0. The molecule has 0 unspecified atom stereocenters.